The Morgan fingerprint density at radius 2 is 1.82 bits per heavy atom. The van der Waals surface area contributed by atoms with E-state index < -0.39 is 0 Å². The molecule has 0 aliphatic carbocycles. The van der Waals surface area contributed by atoms with Gasteiger partial charge in [-0.25, -0.2) is 0 Å². The Kier molecular flexibility index (Phi) is 3.55. The normalized spacial score (nSPS) is 10.2. The number of rotatable bonds is 3. The van der Waals surface area contributed by atoms with Crippen LogP contribution >= 0.6 is 11.6 Å². The SMILES string of the molecule is COc1ccc(Cc2ccc(Cl)cc2N)cc1. The standard InChI is InChI=1S/C14H14ClNO/c1-17-13-6-2-10(3-7-13)8-11-4-5-12(15)9-14(11)16/h2-7,9H,8,16H2,1H3. The van der Waals surface area contributed by atoms with Crippen molar-refractivity contribution in [3.63, 3.8) is 0 Å². The monoisotopic (exact) mass is 247 g/mol. The van der Waals surface area contributed by atoms with Crippen LogP contribution in [0.5, 0.6) is 5.75 Å². The summed E-state index contributed by atoms with van der Waals surface area (Å²) in [6, 6.07) is 13.6. The highest BCUT2D eigenvalue weighted by atomic mass is 35.5. The van der Waals surface area contributed by atoms with Gasteiger partial charge in [-0.05, 0) is 41.8 Å². The number of halogens is 1. The third kappa shape index (κ3) is 2.92. The van der Waals surface area contributed by atoms with Crippen molar-refractivity contribution < 1.29 is 4.74 Å². The van der Waals surface area contributed by atoms with E-state index in [1.54, 1.807) is 13.2 Å². The second-order valence-corrected chi connectivity index (χ2v) is 4.30. The third-order valence-corrected chi connectivity index (χ3v) is 2.90. The molecule has 0 fully saturated rings. The van der Waals surface area contributed by atoms with Gasteiger partial charge in [0.1, 0.15) is 5.75 Å². The second-order valence-electron chi connectivity index (χ2n) is 3.87. The van der Waals surface area contributed by atoms with Crippen LogP contribution in [-0.2, 0) is 6.42 Å². The average molecular weight is 248 g/mol. The van der Waals surface area contributed by atoms with Crippen molar-refractivity contribution in [2.24, 2.45) is 0 Å². The summed E-state index contributed by atoms with van der Waals surface area (Å²) in [4.78, 5) is 0. The molecular formula is C14H14ClNO. The smallest absolute Gasteiger partial charge is 0.118 e. The van der Waals surface area contributed by atoms with Gasteiger partial charge in [0.15, 0.2) is 0 Å². The highest BCUT2D eigenvalue weighted by molar-refractivity contribution is 6.30. The first-order valence-electron chi connectivity index (χ1n) is 5.36. The number of benzene rings is 2. The van der Waals surface area contributed by atoms with E-state index in [1.165, 1.54) is 5.56 Å². The van der Waals surface area contributed by atoms with E-state index in [4.69, 9.17) is 22.1 Å². The quantitative estimate of drug-likeness (QED) is 0.843. The maximum atomic E-state index is 5.92. The summed E-state index contributed by atoms with van der Waals surface area (Å²) in [6.07, 6.45) is 0.799. The lowest BCUT2D eigenvalue weighted by molar-refractivity contribution is 0.414. The molecule has 0 bridgehead atoms. The first kappa shape index (κ1) is 11.8. The van der Waals surface area contributed by atoms with Gasteiger partial charge >= 0.3 is 0 Å². The first-order valence-corrected chi connectivity index (χ1v) is 5.73. The molecule has 2 aromatic carbocycles. The van der Waals surface area contributed by atoms with E-state index in [2.05, 4.69) is 0 Å². The van der Waals surface area contributed by atoms with Crippen LogP contribution in [0.1, 0.15) is 11.1 Å². The highest BCUT2D eigenvalue weighted by Gasteiger charge is 2.02. The van der Waals surface area contributed by atoms with Gasteiger partial charge in [-0.3, -0.25) is 0 Å². The van der Waals surface area contributed by atoms with Crippen molar-refractivity contribution in [2.45, 2.75) is 6.42 Å². The van der Waals surface area contributed by atoms with Crippen LogP contribution in [0.4, 0.5) is 5.69 Å². The van der Waals surface area contributed by atoms with Gasteiger partial charge in [0.25, 0.3) is 0 Å². The average Bonchev–Trinajstić information content (AvgIpc) is 2.34. The van der Waals surface area contributed by atoms with Crippen molar-refractivity contribution >= 4 is 17.3 Å². The van der Waals surface area contributed by atoms with Crippen molar-refractivity contribution in [2.75, 3.05) is 12.8 Å². The zero-order chi connectivity index (χ0) is 12.3. The molecule has 0 amide bonds. The Morgan fingerprint density at radius 1 is 1.12 bits per heavy atom. The fourth-order valence-corrected chi connectivity index (χ4v) is 1.87. The number of nitrogens with two attached hydrogens (primary N) is 1. The van der Waals surface area contributed by atoms with E-state index in [0.29, 0.717) is 5.02 Å². The zero-order valence-corrected chi connectivity index (χ0v) is 10.4. The van der Waals surface area contributed by atoms with Gasteiger partial charge in [-0.15, -0.1) is 0 Å². The second kappa shape index (κ2) is 5.11. The molecule has 0 unspecified atom stereocenters. The molecule has 0 aromatic heterocycles. The Morgan fingerprint density at radius 3 is 2.41 bits per heavy atom. The molecule has 2 N–H and O–H groups in total. The summed E-state index contributed by atoms with van der Waals surface area (Å²) in [5.41, 5.74) is 8.92. The third-order valence-electron chi connectivity index (χ3n) is 2.66. The molecule has 0 saturated carbocycles. The minimum Gasteiger partial charge on any atom is -0.497 e. The maximum Gasteiger partial charge on any atom is 0.118 e. The summed E-state index contributed by atoms with van der Waals surface area (Å²) < 4.78 is 5.12. The van der Waals surface area contributed by atoms with Gasteiger partial charge in [-0.1, -0.05) is 29.8 Å². The molecule has 3 heteroatoms. The number of hydrogen-bond acceptors (Lipinski definition) is 2. The van der Waals surface area contributed by atoms with Gasteiger partial charge in [0.2, 0.25) is 0 Å². The molecule has 0 aliphatic rings. The van der Waals surface area contributed by atoms with Crippen molar-refractivity contribution in [3.05, 3.63) is 58.6 Å². The Labute approximate surface area is 106 Å². The van der Waals surface area contributed by atoms with Gasteiger partial charge < -0.3 is 10.5 Å². The predicted octanol–water partition coefficient (Wildman–Crippen LogP) is 3.52. The molecule has 2 rings (SSSR count). The topological polar surface area (TPSA) is 35.2 Å². The molecular weight excluding hydrogens is 234 g/mol. The van der Waals surface area contributed by atoms with E-state index in [1.807, 2.05) is 36.4 Å². The van der Waals surface area contributed by atoms with Gasteiger partial charge in [0.05, 0.1) is 7.11 Å². The molecule has 0 spiro atoms. The molecule has 17 heavy (non-hydrogen) atoms. The summed E-state index contributed by atoms with van der Waals surface area (Å²) in [5, 5.41) is 0.668. The van der Waals surface area contributed by atoms with Crippen LogP contribution in [0.15, 0.2) is 42.5 Å². The molecule has 0 heterocycles. The number of methoxy groups -OCH3 is 1. The molecule has 0 radical (unpaired) electrons. The Hall–Kier alpha value is -1.67. The van der Waals surface area contributed by atoms with E-state index in [-0.39, 0.29) is 0 Å². The lowest BCUT2D eigenvalue weighted by Gasteiger charge is -2.07. The summed E-state index contributed by atoms with van der Waals surface area (Å²) in [5.74, 6) is 0.859. The first-order chi connectivity index (χ1) is 8.19. The van der Waals surface area contributed by atoms with E-state index in [0.717, 1.165) is 23.4 Å². The highest BCUT2D eigenvalue weighted by Crippen LogP contribution is 2.21. The van der Waals surface area contributed by atoms with Crippen LogP contribution in [0.2, 0.25) is 5.02 Å². The molecule has 88 valence electrons. The molecule has 0 saturated heterocycles. The number of anilines is 1. The lowest BCUT2D eigenvalue weighted by Crippen LogP contribution is -1.95. The minimum absolute atomic E-state index is 0.668. The Bertz CT molecular complexity index is 508. The van der Waals surface area contributed by atoms with Crippen LogP contribution in [0, 0.1) is 0 Å². The molecule has 2 nitrogen and oxygen atoms in total. The minimum atomic E-state index is 0.668. The van der Waals surface area contributed by atoms with Crippen molar-refractivity contribution in [1.82, 2.24) is 0 Å². The van der Waals surface area contributed by atoms with Crippen LogP contribution in [-0.4, -0.2) is 7.11 Å². The fourth-order valence-electron chi connectivity index (χ4n) is 1.69. The van der Waals surface area contributed by atoms with E-state index in [9.17, 15) is 0 Å². The number of nitrogen functional groups attached to an aromatic ring is 1. The molecule has 0 aliphatic heterocycles. The summed E-state index contributed by atoms with van der Waals surface area (Å²) in [6.45, 7) is 0. The van der Waals surface area contributed by atoms with Gasteiger partial charge in [0, 0.05) is 10.7 Å². The number of hydrogen-bond donors (Lipinski definition) is 1. The maximum absolute atomic E-state index is 5.92. The van der Waals surface area contributed by atoms with Crippen LogP contribution in [0.25, 0.3) is 0 Å². The Balaban J connectivity index is 2.19. The largest absolute Gasteiger partial charge is 0.497 e. The predicted molar refractivity (Wildman–Crippen MR) is 71.7 cm³/mol. The van der Waals surface area contributed by atoms with Gasteiger partial charge in [-0.2, -0.15) is 0 Å². The van der Waals surface area contributed by atoms with Crippen molar-refractivity contribution in [3.8, 4) is 5.75 Å². The van der Waals surface area contributed by atoms with Crippen LogP contribution in [0.3, 0.4) is 0 Å². The summed E-state index contributed by atoms with van der Waals surface area (Å²) >= 11 is 5.86. The molecule has 2 aromatic rings. The number of ether oxygens (including phenoxy) is 1. The van der Waals surface area contributed by atoms with Crippen molar-refractivity contribution in [1.29, 1.82) is 0 Å². The van der Waals surface area contributed by atoms with E-state index >= 15 is 0 Å². The lowest BCUT2D eigenvalue weighted by atomic mass is 10.0. The molecule has 0 atom stereocenters. The zero-order valence-electron chi connectivity index (χ0n) is 9.61. The summed E-state index contributed by atoms with van der Waals surface area (Å²) in [7, 11) is 1.66. The fraction of sp³-hybridized carbons (Fsp3) is 0.143. The van der Waals surface area contributed by atoms with Crippen LogP contribution < -0.4 is 10.5 Å².